The predicted molar refractivity (Wildman–Crippen MR) is 126 cm³/mol. The predicted octanol–water partition coefficient (Wildman–Crippen LogP) is 2.71. The third kappa shape index (κ3) is 4.74. The molecular formula is C25H26N4O5. The number of hydrogen-bond acceptors (Lipinski definition) is 7. The van der Waals surface area contributed by atoms with Crippen LogP contribution < -0.4 is 15.0 Å². The SMILES string of the molecule is Cc1ccc(-c2cc(NC(=O)CN3CC(C(=O)N4CCOCC4)Oc4ccccc43)on2)cc1. The number of carbonyl (C=O) groups is 2. The van der Waals surface area contributed by atoms with Gasteiger partial charge in [-0.15, -0.1) is 0 Å². The lowest BCUT2D eigenvalue weighted by molar-refractivity contribution is -0.142. The Morgan fingerprint density at radius 1 is 1.09 bits per heavy atom. The highest BCUT2D eigenvalue weighted by atomic mass is 16.5. The lowest BCUT2D eigenvalue weighted by Crippen LogP contribution is -2.53. The summed E-state index contributed by atoms with van der Waals surface area (Å²) in [5.74, 6) is 0.472. The number of ether oxygens (including phenoxy) is 2. The van der Waals surface area contributed by atoms with Crippen LogP contribution in [0.2, 0.25) is 0 Å². The zero-order valence-corrected chi connectivity index (χ0v) is 18.9. The minimum Gasteiger partial charge on any atom is -0.477 e. The molecule has 1 atom stereocenters. The van der Waals surface area contributed by atoms with Crippen molar-refractivity contribution in [2.75, 3.05) is 49.6 Å². The van der Waals surface area contributed by atoms with Crippen molar-refractivity contribution in [1.82, 2.24) is 10.1 Å². The zero-order chi connectivity index (χ0) is 23.5. The third-order valence-electron chi connectivity index (χ3n) is 5.91. The molecule has 2 aromatic carbocycles. The molecule has 9 heteroatoms. The Hall–Kier alpha value is -3.85. The molecule has 0 spiro atoms. The molecule has 1 N–H and O–H groups in total. The van der Waals surface area contributed by atoms with Gasteiger partial charge in [-0.05, 0) is 19.1 Å². The fraction of sp³-hybridized carbons (Fsp3) is 0.320. The number of carbonyl (C=O) groups excluding carboxylic acids is 2. The van der Waals surface area contributed by atoms with Crippen molar-refractivity contribution in [2.45, 2.75) is 13.0 Å². The van der Waals surface area contributed by atoms with Crippen LogP contribution in [0, 0.1) is 6.92 Å². The molecule has 1 aromatic heterocycles. The van der Waals surface area contributed by atoms with Crippen LogP contribution in [0.1, 0.15) is 5.56 Å². The molecule has 2 aliphatic rings. The summed E-state index contributed by atoms with van der Waals surface area (Å²) in [4.78, 5) is 29.5. The molecule has 0 aliphatic carbocycles. The molecule has 2 amide bonds. The maximum absolute atomic E-state index is 13.0. The number of nitrogens with one attached hydrogen (secondary N) is 1. The lowest BCUT2D eigenvalue weighted by atomic mass is 10.1. The topological polar surface area (TPSA) is 97.1 Å². The summed E-state index contributed by atoms with van der Waals surface area (Å²) >= 11 is 0. The van der Waals surface area contributed by atoms with Crippen LogP contribution in [0.4, 0.5) is 11.6 Å². The van der Waals surface area contributed by atoms with Gasteiger partial charge in [0.15, 0.2) is 6.10 Å². The number of anilines is 2. The maximum Gasteiger partial charge on any atom is 0.265 e. The van der Waals surface area contributed by atoms with Gasteiger partial charge in [0.2, 0.25) is 11.8 Å². The first-order valence-electron chi connectivity index (χ1n) is 11.3. The number of fused-ring (bicyclic) bond motifs is 1. The number of aromatic nitrogens is 1. The number of benzene rings is 2. The van der Waals surface area contributed by atoms with Crippen molar-refractivity contribution in [3.63, 3.8) is 0 Å². The van der Waals surface area contributed by atoms with Crippen LogP contribution in [0.5, 0.6) is 5.75 Å². The van der Waals surface area contributed by atoms with Crippen LogP contribution in [0.3, 0.4) is 0 Å². The second-order valence-electron chi connectivity index (χ2n) is 8.38. The van der Waals surface area contributed by atoms with E-state index in [1.165, 1.54) is 0 Å². The van der Waals surface area contributed by atoms with Gasteiger partial charge in [-0.3, -0.25) is 14.9 Å². The second-order valence-corrected chi connectivity index (χ2v) is 8.38. The average molecular weight is 463 g/mol. The maximum atomic E-state index is 13.0. The van der Waals surface area contributed by atoms with Gasteiger partial charge in [0, 0.05) is 24.7 Å². The van der Waals surface area contributed by atoms with E-state index in [1.807, 2.05) is 60.4 Å². The molecular weight excluding hydrogens is 436 g/mol. The van der Waals surface area contributed by atoms with E-state index in [0.717, 1.165) is 16.8 Å². The monoisotopic (exact) mass is 462 g/mol. The first-order valence-corrected chi connectivity index (χ1v) is 11.3. The molecule has 176 valence electrons. The molecule has 0 bridgehead atoms. The standard InChI is InChI=1S/C25H26N4O5/c1-17-6-8-18(9-7-17)19-14-24(34-27-19)26-23(30)16-29-15-22(25(31)28-10-12-32-13-11-28)33-21-5-3-2-4-20(21)29/h2-9,14,22H,10-13,15-16H2,1H3,(H,26,30). The molecule has 0 saturated carbocycles. The molecule has 1 unspecified atom stereocenters. The van der Waals surface area contributed by atoms with E-state index in [0.29, 0.717) is 37.7 Å². The summed E-state index contributed by atoms with van der Waals surface area (Å²) in [5.41, 5.74) is 3.46. The second kappa shape index (κ2) is 9.56. The molecule has 2 aliphatic heterocycles. The summed E-state index contributed by atoms with van der Waals surface area (Å²) < 4.78 is 16.7. The zero-order valence-electron chi connectivity index (χ0n) is 18.9. The van der Waals surface area contributed by atoms with Gasteiger partial charge in [-0.1, -0.05) is 47.1 Å². The molecule has 5 rings (SSSR count). The van der Waals surface area contributed by atoms with Crippen molar-refractivity contribution < 1.29 is 23.6 Å². The lowest BCUT2D eigenvalue weighted by Gasteiger charge is -2.37. The fourth-order valence-electron chi connectivity index (χ4n) is 4.12. The smallest absolute Gasteiger partial charge is 0.265 e. The van der Waals surface area contributed by atoms with Crippen molar-refractivity contribution >= 4 is 23.4 Å². The van der Waals surface area contributed by atoms with Gasteiger partial charge in [0.05, 0.1) is 32.0 Å². The molecule has 0 radical (unpaired) electrons. The molecule has 1 fully saturated rings. The summed E-state index contributed by atoms with van der Waals surface area (Å²) in [7, 11) is 0. The Kier molecular flexibility index (Phi) is 6.18. The van der Waals surface area contributed by atoms with Crippen LogP contribution in [-0.2, 0) is 14.3 Å². The summed E-state index contributed by atoms with van der Waals surface area (Å²) in [6.45, 7) is 4.43. The number of aryl methyl sites for hydroxylation is 1. The summed E-state index contributed by atoms with van der Waals surface area (Å²) in [6.07, 6.45) is -0.695. The number of rotatable bonds is 5. The minimum atomic E-state index is -0.695. The van der Waals surface area contributed by atoms with Gasteiger partial charge < -0.3 is 23.8 Å². The van der Waals surface area contributed by atoms with E-state index < -0.39 is 6.10 Å². The van der Waals surface area contributed by atoms with E-state index in [9.17, 15) is 9.59 Å². The van der Waals surface area contributed by atoms with E-state index >= 15 is 0 Å². The van der Waals surface area contributed by atoms with E-state index in [-0.39, 0.29) is 30.8 Å². The van der Waals surface area contributed by atoms with Crippen LogP contribution >= 0.6 is 0 Å². The van der Waals surface area contributed by atoms with Gasteiger partial charge in [0.25, 0.3) is 5.91 Å². The number of hydrogen-bond donors (Lipinski definition) is 1. The Balaban J connectivity index is 1.27. The summed E-state index contributed by atoms with van der Waals surface area (Å²) in [5, 5.41) is 6.82. The van der Waals surface area contributed by atoms with Crippen LogP contribution in [0.15, 0.2) is 59.1 Å². The third-order valence-corrected chi connectivity index (χ3v) is 5.91. The number of nitrogens with zero attached hydrogens (tertiary/aromatic N) is 3. The van der Waals surface area contributed by atoms with Crippen molar-refractivity contribution in [2.24, 2.45) is 0 Å². The fourth-order valence-corrected chi connectivity index (χ4v) is 4.12. The van der Waals surface area contributed by atoms with Gasteiger partial charge in [0.1, 0.15) is 11.4 Å². The van der Waals surface area contributed by atoms with Gasteiger partial charge in [-0.25, -0.2) is 0 Å². The first-order chi connectivity index (χ1) is 16.6. The minimum absolute atomic E-state index is 0.0355. The Labute approximate surface area is 197 Å². The molecule has 3 aromatic rings. The Morgan fingerprint density at radius 3 is 2.65 bits per heavy atom. The molecule has 34 heavy (non-hydrogen) atoms. The number of para-hydroxylation sites is 2. The van der Waals surface area contributed by atoms with Crippen LogP contribution in [0.25, 0.3) is 11.3 Å². The van der Waals surface area contributed by atoms with Crippen molar-refractivity contribution in [3.8, 4) is 17.0 Å². The quantitative estimate of drug-likeness (QED) is 0.623. The molecule has 9 nitrogen and oxygen atoms in total. The molecule has 3 heterocycles. The molecule has 1 saturated heterocycles. The van der Waals surface area contributed by atoms with Gasteiger partial charge in [-0.2, -0.15) is 0 Å². The average Bonchev–Trinajstić information content (AvgIpc) is 3.32. The normalized spacial score (nSPS) is 17.6. The Bertz CT molecular complexity index is 1170. The van der Waals surface area contributed by atoms with Crippen molar-refractivity contribution in [3.05, 3.63) is 60.2 Å². The van der Waals surface area contributed by atoms with Crippen LogP contribution in [-0.4, -0.2) is 67.4 Å². The highest BCUT2D eigenvalue weighted by molar-refractivity contribution is 5.94. The van der Waals surface area contributed by atoms with Gasteiger partial charge >= 0.3 is 0 Å². The highest BCUT2D eigenvalue weighted by Crippen LogP contribution is 2.33. The van der Waals surface area contributed by atoms with Crippen molar-refractivity contribution in [1.29, 1.82) is 0 Å². The summed E-state index contributed by atoms with van der Waals surface area (Å²) in [6, 6.07) is 17.0. The number of amides is 2. The van der Waals surface area contributed by atoms with E-state index in [2.05, 4.69) is 10.5 Å². The highest BCUT2D eigenvalue weighted by Gasteiger charge is 2.34. The largest absolute Gasteiger partial charge is 0.477 e. The van der Waals surface area contributed by atoms with E-state index in [4.69, 9.17) is 14.0 Å². The van der Waals surface area contributed by atoms with E-state index in [1.54, 1.807) is 11.0 Å². The number of morpholine rings is 1. The first kappa shape index (κ1) is 22.0. The Morgan fingerprint density at radius 2 is 1.85 bits per heavy atom.